The first-order valence-corrected chi connectivity index (χ1v) is 5.34. The molecular weight excluding hydrogens is 258 g/mol. The summed E-state index contributed by atoms with van der Waals surface area (Å²) in [5.41, 5.74) is 7.54. The number of rotatable bonds is 3. The molecule has 0 saturated heterocycles. The van der Waals surface area contributed by atoms with E-state index in [-0.39, 0.29) is 11.9 Å². The number of benzene rings is 1. The van der Waals surface area contributed by atoms with Crippen LogP contribution in [-0.2, 0) is 0 Å². The summed E-state index contributed by atoms with van der Waals surface area (Å²) < 4.78 is 1.03. The average Bonchev–Trinajstić information content (AvgIpc) is 2.20. The SMILES string of the molecule is Cc1cc(Br)ccc1NC(C)C(N)=NO. The van der Waals surface area contributed by atoms with Crippen molar-refractivity contribution in [3.63, 3.8) is 0 Å². The number of halogens is 1. The van der Waals surface area contributed by atoms with E-state index in [0.29, 0.717) is 0 Å². The second-order valence-corrected chi connectivity index (χ2v) is 4.27. The van der Waals surface area contributed by atoms with Crippen molar-refractivity contribution in [1.82, 2.24) is 0 Å². The quantitative estimate of drug-likeness (QED) is 0.342. The van der Waals surface area contributed by atoms with Crippen molar-refractivity contribution < 1.29 is 5.21 Å². The molecule has 0 heterocycles. The standard InChI is InChI=1S/C10H14BrN3O/c1-6-5-8(11)3-4-9(6)13-7(2)10(12)14-15/h3-5,7,13,15H,1-2H3,(H2,12,14). The van der Waals surface area contributed by atoms with Crippen molar-refractivity contribution >= 4 is 27.5 Å². The highest BCUT2D eigenvalue weighted by Crippen LogP contribution is 2.20. The van der Waals surface area contributed by atoms with Gasteiger partial charge in [-0.05, 0) is 37.6 Å². The molecular formula is C10H14BrN3O. The van der Waals surface area contributed by atoms with Crippen LogP contribution < -0.4 is 11.1 Å². The third-order valence-corrected chi connectivity index (χ3v) is 2.61. The number of nitrogens with one attached hydrogen (secondary N) is 1. The van der Waals surface area contributed by atoms with Crippen LogP contribution in [0.4, 0.5) is 5.69 Å². The lowest BCUT2D eigenvalue weighted by molar-refractivity contribution is 0.316. The molecule has 0 aromatic heterocycles. The molecule has 1 aromatic rings. The molecule has 1 unspecified atom stereocenters. The normalized spacial score (nSPS) is 13.7. The van der Waals surface area contributed by atoms with Gasteiger partial charge >= 0.3 is 0 Å². The summed E-state index contributed by atoms with van der Waals surface area (Å²) in [6, 6.07) is 5.69. The van der Waals surface area contributed by atoms with Crippen molar-refractivity contribution in [2.24, 2.45) is 10.9 Å². The number of hydrogen-bond acceptors (Lipinski definition) is 3. The average molecular weight is 272 g/mol. The number of aryl methyl sites for hydroxylation is 1. The number of oxime groups is 1. The van der Waals surface area contributed by atoms with Gasteiger partial charge in [0.25, 0.3) is 0 Å². The Morgan fingerprint density at radius 3 is 2.80 bits per heavy atom. The van der Waals surface area contributed by atoms with Gasteiger partial charge in [-0.3, -0.25) is 0 Å². The summed E-state index contributed by atoms with van der Waals surface area (Å²) in [4.78, 5) is 0. The molecule has 82 valence electrons. The van der Waals surface area contributed by atoms with Gasteiger partial charge in [-0.25, -0.2) is 0 Å². The molecule has 0 aliphatic rings. The highest BCUT2D eigenvalue weighted by atomic mass is 79.9. The lowest BCUT2D eigenvalue weighted by atomic mass is 10.2. The molecule has 0 saturated carbocycles. The van der Waals surface area contributed by atoms with E-state index < -0.39 is 0 Å². The van der Waals surface area contributed by atoms with Gasteiger partial charge in [0.2, 0.25) is 0 Å². The van der Waals surface area contributed by atoms with Crippen molar-refractivity contribution in [1.29, 1.82) is 0 Å². The lowest BCUT2D eigenvalue weighted by Crippen LogP contribution is -2.33. The van der Waals surface area contributed by atoms with Crippen LogP contribution in [0.3, 0.4) is 0 Å². The van der Waals surface area contributed by atoms with E-state index >= 15 is 0 Å². The van der Waals surface area contributed by atoms with Gasteiger partial charge in [0.05, 0.1) is 6.04 Å². The van der Waals surface area contributed by atoms with Crippen molar-refractivity contribution in [3.05, 3.63) is 28.2 Å². The molecule has 1 atom stereocenters. The fourth-order valence-corrected chi connectivity index (χ4v) is 1.66. The summed E-state index contributed by atoms with van der Waals surface area (Å²) in [7, 11) is 0. The molecule has 0 spiro atoms. The summed E-state index contributed by atoms with van der Waals surface area (Å²) in [6.45, 7) is 3.82. The molecule has 0 amide bonds. The van der Waals surface area contributed by atoms with E-state index in [2.05, 4.69) is 26.4 Å². The van der Waals surface area contributed by atoms with Crippen LogP contribution in [0.1, 0.15) is 12.5 Å². The summed E-state index contributed by atoms with van der Waals surface area (Å²) in [6.07, 6.45) is 0. The van der Waals surface area contributed by atoms with Crippen molar-refractivity contribution in [2.45, 2.75) is 19.9 Å². The van der Waals surface area contributed by atoms with Gasteiger partial charge in [0.1, 0.15) is 0 Å². The monoisotopic (exact) mass is 271 g/mol. The van der Waals surface area contributed by atoms with E-state index in [1.807, 2.05) is 32.0 Å². The molecule has 4 N–H and O–H groups in total. The van der Waals surface area contributed by atoms with Gasteiger partial charge in [-0.15, -0.1) is 0 Å². The second kappa shape index (κ2) is 5.02. The molecule has 0 aliphatic carbocycles. The van der Waals surface area contributed by atoms with E-state index in [1.54, 1.807) is 0 Å². The summed E-state index contributed by atoms with van der Waals surface area (Å²) in [5.74, 6) is 0.164. The Labute approximate surface area is 97.3 Å². The van der Waals surface area contributed by atoms with Crippen LogP contribution in [0.2, 0.25) is 0 Å². The van der Waals surface area contributed by atoms with Gasteiger partial charge in [-0.2, -0.15) is 0 Å². The number of hydrogen-bond donors (Lipinski definition) is 3. The maximum atomic E-state index is 8.51. The molecule has 1 aromatic carbocycles. The first-order chi connectivity index (χ1) is 7.04. The van der Waals surface area contributed by atoms with E-state index in [0.717, 1.165) is 15.7 Å². The Hall–Kier alpha value is -1.23. The number of anilines is 1. The van der Waals surface area contributed by atoms with Gasteiger partial charge < -0.3 is 16.3 Å². The maximum absolute atomic E-state index is 8.51. The van der Waals surface area contributed by atoms with Crippen LogP contribution in [0.25, 0.3) is 0 Å². The third-order valence-electron chi connectivity index (χ3n) is 2.12. The van der Waals surface area contributed by atoms with Crippen LogP contribution in [0.15, 0.2) is 27.8 Å². The molecule has 0 bridgehead atoms. The van der Waals surface area contributed by atoms with Crippen LogP contribution in [-0.4, -0.2) is 17.1 Å². The van der Waals surface area contributed by atoms with E-state index in [4.69, 9.17) is 10.9 Å². The third kappa shape index (κ3) is 3.13. The fourth-order valence-electron chi connectivity index (χ4n) is 1.18. The van der Waals surface area contributed by atoms with Crippen molar-refractivity contribution in [3.8, 4) is 0 Å². The summed E-state index contributed by atoms with van der Waals surface area (Å²) in [5, 5.41) is 14.6. The minimum atomic E-state index is -0.199. The fraction of sp³-hybridized carbons (Fsp3) is 0.300. The maximum Gasteiger partial charge on any atom is 0.161 e. The number of amidine groups is 1. The minimum absolute atomic E-state index is 0.164. The first-order valence-electron chi connectivity index (χ1n) is 4.54. The van der Waals surface area contributed by atoms with Crippen LogP contribution >= 0.6 is 15.9 Å². The second-order valence-electron chi connectivity index (χ2n) is 3.35. The Morgan fingerprint density at radius 2 is 2.27 bits per heavy atom. The smallest absolute Gasteiger partial charge is 0.161 e. The molecule has 0 aliphatic heterocycles. The van der Waals surface area contributed by atoms with E-state index in [1.165, 1.54) is 0 Å². The Bertz CT molecular complexity index is 379. The number of nitrogens with two attached hydrogens (primary N) is 1. The molecule has 0 fully saturated rings. The molecule has 0 radical (unpaired) electrons. The zero-order valence-electron chi connectivity index (χ0n) is 8.66. The van der Waals surface area contributed by atoms with Gasteiger partial charge in [0.15, 0.2) is 5.84 Å². The minimum Gasteiger partial charge on any atom is -0.409 e. The highest BCUT2D eigenvalue weighted by Gasteiger charge is 2.08. The molecule has 1 rings (SSSR count). The number of nitrogens with zero attached hydrogens (tertiary/aromatic N) is 1. The molecule has 4 nitrogen and oxygen atoms in total. The largest absolute Gasteiger partial charge is 0.409 e. The Morgan fingerprint density at radius 1 is 1.60 bits per heavy atom. The molecule has 15 heavy (non-hydrogen) atoms. The van der Waals surface area contributed by atoms with Crippen molar-refractivity contribution in [2.75, 3.05) is 5.32 Å². The summed E-state index contributed by atoms with van der Waals surface area (Å²) >= 11 is 3.39. The predicted octanol–water partition coefficient (Wildman–Crippen LogP) is 2.30. The Balaban J connectivity index is 2.81. The first kappa shape index (κ1) is 11.8. The Kier molecular flexibility index (Phi) is 3.96. The zero-order valence-corrected chi connectivity index (χ0v) is 10.2. The van der Waals surface area contributed by atoms with Gasteiger partial charge in [0, 0.05) is 10.2 Å². The predicted molar refractivity (Wildman–Crippen MR) is 65.4 cm³/mol. The van der Waals surface area contributed by atoms with Crippen LogP contribution in [0, 0.1) is 6.92 Å². The lowest BCUT2D eigenvalue weighted by Gasteiger charge is -2.15. The molecule has 5 heteroatoms. The topological polar surface area (TPSA) is 70.6 Å². The van der Waals surface area contributed by atoms with Gasteiger partial charge in [-0.1, -0.05) is 21.1 Å². The zero-order chi connectivity index (χ0) is 11.4. The van der Waals surface area contributed by atoms with E-state index in [9.17, 15) is 0 Å². The highest BCUT2D eigenvalue weighted by molar-refractivity contribution is 9.10. The van der Waals surface area contributed by atoms with Crippen LogP contribution in [0.5, 0.6) is 0 Å².